The topological polar surface area (TPSA) is 75.7 Å². The van der Waals surface area contributed by atoms with Gasteiger partial charge in [0.2, 0.25) is 11.8 Å². The molecule has 0 aromatic rings. The van der Waals surface area contributed by atoms with Crippen LogP contribution in [0.5, 0.6) is 0 Å². The van der Waals surface area contributed by atoms with E-state index in [-0.39, 0.29) is 18.1 Å². The third-order valence-corrected chi connectivity index (χ3v) is 3.72. The summed E-state index contributed by atoms with van der Waals surface area (Å²) in [6.45, 7) is 4.46. The molecule has 0 aromatic carbocycles. The van der Waals surface area contributed by atoms with Crippen LogP contribution in [-0.4, -0.2) is 41.5 Å². The van der Waals surface area contributed by atoms with Crippen LogP contribution in [0, 0.1) is 5.92 Å². The summed E-state index contributed by atoms with van der Waals surface area (Å²) < 4.78 is 5.43. The highest BCUT2D eigenvalue weighted by Gasteiger charge is 2.47. The maximum Gasteiger partial charge on any atom is 0.331 e. The number of carbonyl (C=O) groups is 3. The molecule has 1 saturated heterocycles. The van der Waals surface area contributed by atoms with Gasteiger partial charge in [0.15, 0.2) is 0 Å². The van der Waals surface area contributed by atoms with Crippen LogP contribution in [0.3, 0.4) is 0 Å². The summed E-state index contributed by atoms with van der Waals surface area (Å²) >= 11 is 0. The Morgan fingerprint density at radius 1 is 1.26 bits per heavy atom. The average Bonchev–Trinajstić information content (AvgIpc) is 2.31. The second kappa shape index (κ2) is 5.69. The minimum atomic E-state index is -0.714. The first-order valence-electron chi connectivity index (χ1n) is 6.87. The maximum atomic E-state index is 12.2. The van der Waals surface area contributed by atoms with Crippen LogP contribution in [0.15, 0.2) is 0 Å². The Bertz CT molecular complexity index is 390. The largest absolute Gasteiger partial charge is 0.378 e. The quantitative estimate of drug-likeness (QED) is 0.756. The molecule has 106 valence electrons. The van der Waals surface area contributed by atoms with Gasteiger partial charge in [-0.2, -0.15) is 0 Å². The number of barbiturate groups is 1. The molecular weight excluding hydrogens is 248 g/mol. The monoisotopic (exact) mass is 268 g/mol. The first-order chi connectivity index (χ1) is 9.08. The lowest BCUT2D eigenvalue weighted by Crippen LogP contribution is -2.64. The lowest BCUT2D eigenvalue weighted by molar-refractivity contribution is -0.148. The molecule has 1 saturated carbocycles. The van der Waals surface area contributed by atoms with Gasteiger partial charge in [-0.05, 0) is 26.2 Å². The number of imide groups is 2. The standard InChI is InChI=1S/C13H20N2O4/c1-3-5-10-11(16)14-13(18)15(12(10)17)8-6-9(7-8)19-4-2/h8-10H,3-7H2,1-2H3,(H,14,16,18). The van der Waals surface area contributed by atoms with Crippen LogP contribution < -0.4 is 5.32 Å². The minimum Gasteiger partial charge on any atom is -0.378 e. The van der Waals surface area contributed by atoms with Crippen molar-refractivity contribution in [2.24, 2.45) is 5.92 Å². The molecule has 1 N–H and O–H groups in total. The SMILES string of the molecule is CCCC1C(=O)NC(=O)N(C2CC(OCC)C2)C1=O. The fourth-order valence-corrected chi connectivity index (χ4v) is 2.64. The van der Waals surface area contributed by atoms with Crippen molar-refractivity contribution in [3.63, 3.8) is 0 Å². The number of ether oxygens (including phenoxy) is 1. The van der Waals surface area contributed by atoms with E-state index in [1.54, 1.807) is 0 Å². The van der Waals surface area contributed by atoms with Gasteiger partial charge in [0.25, 0.3) is 0 Å². The van der Waals surface area contributed by atoms with E-state index in [1.807, 2.05) is 13.8 Å². The molecule has 1 unspecified atom stereocenters. The van der Waals surface area contributed by atoms with Gasteiger partial charge in [-0.25, -0.2) is 4.79 Å². The summed E-state index contributed by atoms with van der Waals surface area (Å²) in [6, 6.07) is -0.709. The van der Waals surface area contributed by atoms with Gasteiger partial charge in [-0.3, -0.25) is 19.8 Å². The number of rotatable bonds is 5. The molecule has 1 heterocycles. The Kier molecular flexibility index (Phi) is 4.19. The van der Waals surface area contributed by atoms with Crippen molar-refractivity contribution < 1.29 is 19.1 Å². The van der Waals surface area contributed by atoms with E-state index in [1.165, 1.54) is 4.90 Å². The number of nitrogens with one attached hydrogen (secondary N) is 1. The third kappa shape index (κ3) is 2.63. The van der Waals surface area contributed by atoms with Gasteiger partial charge < -0.3 is 4.74 Å². The number of carbonyl (C=O) groups excluding carboxylic acids is 3. The highest BCUT2D eigenvalue weighted by atomic mass is 16.5. The molecule has 1 aliphatic heterocycles. The van der Waals surface area contributed by atoms with Gasteiger partial charge in [-0.15, -0.1) is 0 Å². The molecule has 2 fully saturated rings. The van der Waals surface area contributed by atoms with Crippen LogP contribution in [0.1, 0.15) is 39.5 Å². The number of hydrogen-bond acceptors (Lipinski definition) is 4. The van der Waals surface area contributed by atoms with Crippen molar-refractivity contribution in [2.75, 3.05) is 6.61 Å². The lowest BCUT2D eigenvalue weighted by atomic mass is 9.86. The van der Waals surface area contributed by atoms with Gasteiger partial charge in [0.1, 0.15) is 5.92 Å². The molecule has 0 spiro atoms. The first kappa shape index (κ1) is 14.0. The summed E-state index contributed by atoms with van der Waals surface area (Å²) in [5.74, 6) is -1.53. The van der Waals surface area contributed by atoms with Crippen LogP contribution in [0.2, 0.25) is 0 Å². The molecule has 0 aromatic heterocycles. The van der Waals surface area contributed by atoms with Gasteiger partial charge in [0, 0.05) is 12.6 Å². The minimum absolute atomic E-state index is 0.123. The smallest absolute Gasteiger partial charge is 0.331 e. The average molecular weight is 268 g/mol. The van der Waals surface area contributed by atoms with E-state index in [2.05, 4.69) is 5.32 Å². The second-order valence-electron chi connectivity index (χ2n) is 5.05. The van der Waals surface area contributed by atoms with Crippen molar-refractivity contribution in [1.29, 1.82) is 0 Å². The highest BCUT2D eigenvalue weighted by Crippen LogP contribution is 2.31. The van der Waals surface area contributed by atoms with E-state index >= 15 is 0 Å². The molecule has 6 heteroatoms. The van der Waals surface area contributed by atoms with E-state index in [0.29, 0.717) is 25.9 Å². The Hall–Kier alpha value is -1.43. The maximum absolute atomic E-state index is 12.2. The van der Waals surface area contributed by atoms with Crippen molar-refractivity contribution >= 4 is 17.8 Å². The molecule has 1 atom stereocenters. The summed E-state index contributed by atoms with van der Waals surface area (Å²) in [6.07, 6.45) is 2.67. The zero-order valence-corrected chi connectivity index (χ0v) is 11.3. The zero-order valence-electron chi connectivity index (χ0n) is 11.3. The first-order valence-corrected chi connectivity index (χ1v) is 6.87. The molecule has 0 radical (unpaired) electrons. The number of hydrogen-bond donors (Lipinski definition) is 1. The van der Waals surface area contributed by atoms with Crippen LogP contribution in [0.25, 0.3) is 0 Å². The van der Waals surface area contributed by atoms with Crippen molar-refractivity contribution in [3.8, 4) is 0 Å². The van der Waals surface area contributed by atoms with E-state index in [9.17, 15) is 14.4 Å². The fraction of sp³-hybridized carbons (Fsp3) is 0.769. The molecule has 0 bridgehead atoms. The van der Waals surface area contributed by atoms with Crippen LogP contribution in [-0.2, 0) is 14.3 Å². The van der Waals surface area contributed by atoms with E-state index in [0.717, 1.165) is 6.42 Å². The number of urea groups is 1. The molecule has 4 amide bonds. The highest BCUT2D eigenvalue weighted by molar-refractivity contribution is 6.16. The predicted molar refractivity (Wildman–Crippen MR) is 67.2 cm³/mol. The Morgan fingerprint density at radius 2 is 1.95 bits per heavy atom. The molecular formula is C13H20N2O4. The summed E-state index contributed by atoms with van der Waals surface area (Å²) in [5, 5.41) is 2.28. The van der Waals surface area contributed by atoms with Gasteiger partial charge in [0.05, 0.1) is 6.10 Å². The van der Waals surface area contributed by atoms with Crippen molar-refractivity contribution in [3.05, 3.63) is 0 Å². The molecule has 1 aliphatic carbocycles. The Balaban J connectivity index is 2.01. The van der Waals surface area contributed by atoms with E-state index < -0.39 is 17.9 Å². The fourth-order valence-electron chi connectivity index (χ4n) is 2.64. The molecule has 6 nitrogen and oxygen atoms in total. The molecule has 2 rings (SSSR count). The second-order valence-corrected chi connectivity index (χ2v) is 5.05. The van der Waals surface area contributed by atoms with Crippen LogP contribution >= 0.6 is 0 Å². The zero-order chi connectivity index (χ0) is 14.0. The molecule has 2 aliphatic rings. The summed E-state index contributed by atoms with van der Waals surface area (Å²) in [7, 11) is 0. The molecule has 19 heavy (non-hydrogen) atoms. The van der Waals surface area contributed by atoms with Gasteiger partial charge in [-0.1, -0.05) is 13.3 Å². The third-order valence-electron chi connectivity index (χ3n) is 3.72. The number of nitrogens with zero attached hydrogens (tertiary/aromatic N) is 1. The Morgan fingerprint density at radius 3 is 2.53 bits per heavy atom. The van der Waals surface area contributed by atoms with Crippen molar-refractivity contribution in [1.82, 2.24) is 10.2 Å². The normalized spacial score (nSPS) is 31.2. The predicted octanol–water partition coefficient (Wildman–Crippen LogP) is 1.05. The van der Waals surface area contributed by atoms with Gasteiger partial charge >= 0.3 is 6.03 Å². The van der Waals surface area contributed by atoms with E-state index in [4.69, 9.17) is 4.74 Å². The van der Waals surface area contributed by atoms with Crippen LogP contribution in [0.4, 0.5) is 4.79 Å². The van der Waals surface area contributed by atoms with Crippen molar-refractivity contribution in [2.45, 2.75) is 51.7 Å². The summed E-state index contributed by atoms with van der Waals surface area (Å²) in [4.78, 5) is 36.9. The number of amides is 4. The Labute approximate surface area is 112 Å². The summed E-state index contributed by atoms with van der Waals surface area (Å²) in [5.41, 5.74) is 0. The lowest BCUT2D eigenvalue weighted by Gasteiger charge is -2.43.